The van der Waals surface area contributed by atoms with Crippen molar-refractivity contribution >= 4 is 11.4 Å². The smallest absolute Gasteiger partial charge is 0.158 e. The normalized spacial score (nSPS) is 11.7. The predicted molar refractivity (Wildman–Crippen MR) is 120 cm³/mol. The Kier molecular flexibility index (Phi) is 5.68. The quantitative estimate of drug-likeness (QED) is 0.587. The van der Waals surface area contributed by atoms with Crippen LogP contribution in [-0.2, 0) is 0 Å². The van der Waals surface area contributed by atoms with Crippen LogP contribution in [0.25, 0.3) is 0 Å². The molecule has 148 valence electrons. The highest BCUT2D eigenvalue weighted by Crippen LogP contribution is 2.34. The Morgan fingerprint density at radius 1 is 0.444 bits per heavy atom. The van der Waals surface area contributed by atoms with Gasteiger partial charge in [-0.15, -0.1) is 0 Å². The largest absolute Gasteiger partial charge is 0.350 e. The molecule has 0 spiro atoms. The molecule has 0 aliphatic rings. The molecule has 0 atom stereocenters. The van der Waals surface area contributed by atoms with Crippen LogP contribution in [0.5, 0.6) is 0 Å². The molecule has 0 amide bonds. The number of rotatable bonds is 4. The first-order chi connectivity index (χ1) is 12.3. The van der Waals surface area contributed by atoms with Gasteiger partial charge in [-0.3, -0.25) is 5.73 Å². The molecular formula is C24H37N3. The van der Waals surface area contributed by atoms with E-state index in [9.17, 15) is 0 Å². The summed E-state index contributed by atoms with van der Waals surface area (Å²) in [6.45, 7) is 23.8. The van der Waals surface area contributed by atoms with Gasteiger partial charge in [-0.25, -0.2) is 0 Å². The third-order valence-corrected chi connectivity index (χ3v) is 6.77. The van der Waals surface area contributed by atoms with Crippen molar-refractivity contribution in [2.24, 2.45) is 5.73 Å². The molecule has 2 rings (SSSR count). The van der Waals surface area contributed by atoms with Gasteiger partial charge in [0.1, 0.15) is 0 Å². The van der Waals surface area contributed by atoms with E-state index in [-0.39, 0.29) is 0 Å². The van der Waals surface area contributed by atoms with Crippen molar-refractivity contribution in [3.63, 3.8) is 0 Å². The van der Waals surface area contributed by atoms with E-state index in [0.717, 1.165) is 11.4 Å². The Bertz CT molecular complexity index is 773. The summed E-state index contributed by atoms with van der Waals surface area (Å²) < 4.78 is 0. The highest BCUT2D eigenvalue weighted by molar-refractivity contribution is 5.69. The van der Waals surface area contributed by atoms with Gasteiger partial charge in [-0.1, -0.05) is 0 Å². The van der Waals surface area contributed by atoms with Crippen LogP contribution in [0.4, 0.5) is 11.4 Å². The number of nitrogens with two attached hydrogens (primary N) is 1. The van der Waals surface area contributed by atoms with Crippen molar-refractivity contribution in [2.75, 3.05) is 10.6 Å². The fourth-order valence-electron chi connectivity index (χ4n) is 3.93. The van der Waals surface area contributed by atoms with Crippen LogP contribution in [0, 0.1) is 69.2 Å². The second-order valence-corrected chi connectivity index (χ2v) is 8.45. The summed E-state index contributed by atoms with van der Waals surface area (Å²) >= 11 is 0. The van der Waals surface area contributed by atoms with Crippen LogP contribution in [0.3, 0.4) is 0 Å². The van der Waals surface area contributed by atoms with Gasteiger partial charge < -0.3 is 10.6 Å². The van der Waals surface area contributed by atoms with E-state index < -0.39 is 5.79 Å². The zero-order chi connectivity index (χ0) is 20.8. The highest BCUT2D eigenvalue weighted by Gasteiger charge is 2.24. The predicted octanol–water partition coefficient (Wildman–Crippen LogP) is 5.93. The Balaban J connectivity index is 2.49. The molecule has 0 unspecified atom stereocenters. The van der Waals surface area contributed by atoms with E-state index in [1.165, 1.54) is 55.6 Å². The zero-order valence-corrected chi connectivity index (χ0v) is 19.1. The van der Waals surface area contributed by atoms with E-state index >= 15 is 0 Å². The summed E-state index contributed by atoms with van der Waals surface area (Å²) in [5.41, 5.74) is 22.0. The Hall–Kier alpha value is -2.00. The van der Waals surface area contributed by atoms with Crippen molar-refractivity contribution in [3.8, 4) is 0 Å². The molecule has 0 saturated heterocycles. The maximum absolute atomic E-state index is 6.71. The topological polar surface area (TPSA) is 50.1 Å². The van der Waals surface area contributed by atoms with E-state index in [1.807, 2.05) is 6.92 Å². The lowest BCUT2D eigenvalue weighted by Gasteiger charge is -2.34. The van der Waals surface area contributed by atoms with Crippen molar-refractivity contribution in [3.05, 3.63) is 55.6 Å². The van der Waals surface area contributed by atoms with Gasteiger partial charge in [0.2, 0.25) is 0 Å². The van der Waals surface area contributed by atoms with Crippen molar-refractivity contribution in [1.82, 2.24) is 0 Å². The maximum atomic E-state index is 6.71. The first kappa shape index (κ1) is 21.3. The average molecular weight is 368 g/mol. The van der Waals surface area contributed by atoms with Gasteiger partial charge in [0.15, 0.2) is 5.79 Å². The minimum absolute atomic E-state index is 0.771. The second kappa shape index (κ2) is 7.20. The minimum Gasteiger partial charge on any atom is -0.350 e. The minimum atomic E-state index is -0.771. The summed E-state index contributed by atoms with van der Waals surface area (Å²) in [7, 11) is 0. The fraction of sp³-hybridized carbons (Fsp3) is 0.500. The lowest BCUT2D eigenvalue weighted by atomic mass is 9.92. The molecule has 0 heterocycles. The van der Waals surface area contributed by atoms with E-state index in [0.29, 0.717) is 0 Å². The van der Waals surface area contributed by atoms with Crippen molar-refractivity contribution < 1.29 is 0 Å². The number of anilines is 2. The van der Waals surface area contributed by atoms with E-state index in [1.54, 1.807) is 0 Å². The lowest BCUT2D eigenvalue weighted by molar-refractivity contribution is 0.613. The molecule has 2 aromatic rings. The standard InChI is InChI=1S/C24H37N3/c1-12-14(3)18(7)22(19(8)15(12)4)26-24(11,25)27-23-20(9)16(5)13(2)17(6)21(23)10/h26-27H,25H2,1-11H3. The van der Waals surface area contributed by atoms with E-state index in [4.69, 9.17) is 5.73 Å². The molecule has 4 N–H and O–H groups in total. The van der Waals surface area contributed by atoms with Crippen LogP contribution >= 0.6 is 0 Å². The summed E-state index contributed by atoms with van der Waals surface area (Å²) in [6, 6.07) is 0. The van der Waals surface area contributed by atoms with Gasteiger partial charge in [0.25, 0.3) is 0 Å². The van der Waals surface area contributed by atoms with Crippen molar-refractivity contribution in [2.45, 2.75) is 81.9 Å². The molecular weight excluding hydrogens is 330 g/mol. The van der Waals surface area contributed by atoms with Crippen LogP contribution in [0.1, 0.15) is 62.6 Å². The number of nitrogens with one attached hydrogen (secondary N) is 2. The average Bonchev–Trinajstić information content (AvgIpc) is 2.62. The van der Waals surface area contributed by atoms with Crippen LogP contribution in [0.2, 0.25) is 0 Å². The summed E-state index contributed by atoms with van der Waals surface area (Å²) in [6.07, 6.45) is 0. The Labute approximate surface area is 165 Å². The molecule has 3 nitrogen and oxygen atoms in total. The molecule has 0 fully saturated rings. The molecule has 0 saturated carbocycles. The first-order valence-corrected chi connectivity index (χ1v) is 9.79. The van der Waals surface area contributed by atoms with Crippen LogP contribution < -0.4 is 16.4 Å². The molecule has 27 heavy (non-hydrogen) atoms. The van der Waals surface area contributed by atoms with Crippen LogP contribution in [0.15, 0.2) is 0 Å². The molecule has 3 heteroatoms. The van der Waals surface area contributed by atoms with E-state index in [2.05, 4.69) is 79.9 Å². The summed E-state index contributed by atoms with van der Waals surface area (Å²) in [4.78, 5) is 0. The number of hydrogen-bond donors (Lipinski definition) is 3. The second-order valence-electron chi connectivity index (χ2n) is 8.45. The molecule has 0 aromatic heterocycles. The van der Waals surface area contributed by atoms with Gasteiger partial charge in [-0.05, 0) is 132 Å². The monoisotopic (exact) mass is 367 g/mol. The highest BCUT2D eigenvalue weighted by atomic mass is 15.3. The number of hydrogen-bond acceptors (Lipinski definition) is 3. The SMILES string of the molecule is Cc1c(C)c(C)c(NC(C)(N)Nc2c(C)c(C)c(C)c(C)c2C)c(C)c1C. The third-order valence-electron chi connectivity index (χ3n) is 6.77. The molecule has 0 aliphatic carbocycles. The Morgan fingerprint density at radius 3 is 0.852 bits per heavy atom. The summed E-state index contributed by atoms with van der Waals surface area (Å²) in [5.74, 6) is -0.771. The van der Waals surface area contributed by atoms with Gasteiger partial charge in [0.05, 0.1) is 0 Å². The van der Waals surface area contributed by atoms with Crippen LogP contribution in [-0.4, -0.2) is 5.79 Å². The molecule has 2 aromatic carbocycles. The third kappa shape index (κ3) is 3.70. The maximum Gasteiger partial charge on any atom is 0.158 e. The van der Waals surface area contributed by atoms with Gasteiger partial charge in [-0.2, -0.15) is 0 Å². The van der Waals surface area contributed by atoms with Crippen molar-refractivity contribution in [1.29, 1.82) is 0 Å². The Morgan fingerprint density at radius 2 is 0.630 bits per heavy atom. The van der Waals surface area contributed by atoms with Gasteiger partial charge >= 0.3 is 0 Å². The molecule has 0 bridgehead atoms. The lowest BCUT2D eigenvalue weighted by Crippen LogP contribution is -2.52. The molecule has 0 radical (unpaired) electrons. The number of benzene rings is 2. The van der Waals surface area contributed by atoms with Gasteiger partial charge in [0, 0.05) is 11.4 Å². The fourth-order valence-corrected chi connectivity index (χ4v) is 3.93. The zero-order valence-electron chi connectivity index (χ0n) is 19.1. The molecule has 0 aliphatic heterocycles. The first-order valence-electron chi connectivity index (χ1n) is 9.79. The summed E-state index contributed by atoms with van der Waals surface area (Å²) in [5, 5.41) is 7.17.